The van der Waals surface area contributed by atoms with Crippen LogP contribution in [-0.4, -0.2) is 12.0 Å². The van der Waals surface area contributed by atoms with Gasteiger partial charge in [0.25, 0.3) is 0 Å². The molecule has 21 heavy (non-hydrogen) atoms. The van der Waals surface area contributed by atoms with Gasteiger partial charge in [0.2, 0.25) is 0 Å². The Morgan fingerprint density at radius 2 is 1.81 bits per heavy atom. The molecule has 0 unspecified atom stereocenters. The summed E-state index contributed by atoms with van der Waals surface area (Å²) in [6, 6.07) is 19.0. The van der Waals surface area contributed by atoms with Crippen molar-refractivity contribution in [2.24, 2.45) is 0 Å². The molecule has 3 aromatic rings. The van der Waals surface area contributed by atoms with Crippen molar-refractivity contribution in [3.8, 4) is 11.3 Å². The number of benzene rings is 2. The van der Waals surface area contributed by atoms with E-state index in [0.717, 1.165) is 35.3 Å². The van der Waals surface area contributed by atoms with Gasteiger partial charge >= 0.3 is 0 Å². The van der Waals surface area contributed by atoms with Crippen LogP contribution in [-0.2, 0) is 6.42 Å². The number of aryl methyl sites for hydroxylation is 1. The van der Waals surface area contributed by atoms with E-state index in [9.17, 15) is 0 Å². The quantitative estimate of drug-likeness (QED) is 0.733. The van der Waals surface area contributed by atoms with Crippen molar-refractivity contribution in [3.63, 3.8) is 0 Å². The number of aromatic nitrogens is 1. The van der Waals surface area contributed by atoms with Crippen molar-refractivity contribution < 1.29 is 0 Å². The SMILES string of the molecule is CCCc1ccc2nc(-c3ccccc3)cc(NC)c2c1. The lowest BCUT2D eigenvalue weighted by atomic mass is 10.0. The topological polar surface area (TPSA) is 24.9 Å². The van der Waals surface area contributed by atoms with Crippen LogP contribution in [0, 0.1) is 0 Å². The molecule has 0 fully saturated rings. The van der Waals surface area contributed by atoms with E-state index in [1.165, 1.54) is 10.9 Å². The number of nitrogens with one attached hydrogen (secondary N) is 1. The summed E-state index contributed by atoms with van der Waals surface area (Å²) in [5.41, 5.74) is 5.71. The average molecular weight is 276 g/mol. The third kappa shape index (κ3) is 2.75. The van der Waals surface area contributed by atoms with Gasteiger partial charge < -0.3 is 5.32 Å². The lowest BCUT2D eigenvalue weighted by Crippen LogP contribution is -1.95. The van der Waals surface area contributed by atoms with Crippen LogP contribution in [0.5, 0.6) is 0 Å². The zero-order valence-electron chi connectivity index (χ0n) is 12.6. The first-order chi connectivity index (χ1) is 10.3. The Morgan fingerprint density at radius 1 is 1.00 bits per heavy atom. The molecule has 2 aromatic carbocycles. The fraction of sp³-hybridized carbons (Fsp3) is 0.211. The third-order valence-corrected chi connectivity index (χ3v) is 3.75. The standard InChI is InChI=1S/C19H20N2/c1-3-7-14-10-11-17-16(12-14)19(20-2)13-18(21-17)15-8-5-4-6-9-15/h4-6,8-13H,3,7H2,1-2H3,(H,20,21). The average Bonchev–Trinajstić information content (AvgIpc) is 2.55. The summed E-state index contributed by atoms with van der Waals surface area (Å²) in [6.45, 7) is 2.21. The van der Waals surface area contributed by atoms with Crippen LogP contribution in [0.25, 0.3) is 22.2 Å². The molecule has 0 atom stereocenters. The minimum Gasteiger partial charge on any atom is -0.388 e. The summed E-state index contributed by atoms with van der Waals surface area (Å²) in [5, 5.41) is 4.51. The first-order valence-electron chi connectivity index (χ1n) is 7.48. The van der Waals surface area contributed by atoms with Crippen LogP contribution in [0.1, 0.15) is 18.9 Å². The van der Waals surface area contributed by atoms with Crippen molar-refractivity contribution in [1.82, 2.24) is 4.98 Å². The van der Waals surface area contributed by atoms with Gasteiger partial charge in [0.15, 0.2) is 0 Å². The second-order valence-electron chi connectivity index (χ2n) is 5.27. The Kier molecular flexibility index (Phi) is 3.87. The first-order valence-corrected chi connectivity index (χ1v) is 7.48. The van der Waals surface area contributed by atoms with Crippen LogP contribution >= 0.6 is 0 Å². The molecule has 1 heterocycles. The Hall–Kier alpha value is -2.35. The summed E-state index contributed by atoms with van der Waals surface area (Å²) < 4.78 is 0. The minimum absolute atomic E-state index is 1.01. The van der Waals surface area contributed by atoms with Gasteiger partial charge in [-0.15, -0.1) is 0 Å². The number of fused-ring (bicyclic) bond motifs is 1. The van der Waals surface area contributed by atoms with Crippen LogP contribution < -0.4 is 5.32 Å². The highest BCUT2D eigenvalue weighted by atomic mass is 14.8. The fourth-order valence-corrected chi connectivity index (χ4v) is 2.68. The van der Waals surface area contributed by atoms with Crippen LogP contribution in [0.3, 0.4) is 0 Å². The Bertz CT molecular complexity index is 748. The second kappa shape index (κ2) is 5.96. The van der Waals surface area contributed by atoms with Gasteiger partial charge in [0.1, 0.15) is 0 Å². The highest BCUT2D eigenvalue weighted by molar-refractivity contribution is 5.94. The van der Waals surface area contributed by atoms with Gasteiger partial charge in [-0.05, 0) is 30.2 Å². The number of rotatable bonds is 4. The lowest BCUT2D eigenvalue weighted by molar-refractivity contribution is 0.923. The molecule has 0 bridgehead atoms. The molecule has 2 nitrogen and oxygen atoms in total. The minimum atomic E-state index is 1.01. The maximum atomic E-state index is 4.82. The Balaban J connectivity index is 2.16. The van der Waals surface area contributed by atoms with Crippen LogP contribution in [0.4, 0.5) is 5.69 Å². The van der Waals surface area contributed by atoms with Crippen molar-refractivity contribution in [2.45, 2.75) is 19.8 Å². The molecule has 0 aliphatic carbocycles. The van der Waals surface area contributed by atoms with Gasteiger partial charge in [-0.1, -0.05) is 49.7 Å². The van der Waals surface area contributed by atoms with Crippen LogP contribution in [0.2, 0.25) is 0 Å². The number of hydrogen-bond donors (Lipinski definition) is 1. The van der Waals surface area contributed by atoms with E-state index in [4.69, 9.17) is 4.98 Å². The monoisotopic (exact) mass is 276 g/mol. The number of nitrogens with zero attached hydrogens (tertiary/aromatic N) is 1. The van der Waals surface area contributed by atoms with Crippen LogP contribution in [0.15, 0.2) is 54.6 Å². The molecule has 0 radical (unpaired) electrons. The summed E-state index contributed by atoms with van der Waals surface area (Å²) >= 11 is 0. The summed E-state index contributed by atoms with van der Waals surface area (Å²) in [4.78, 5) is 4.82. The van der Waals surface area contributed by atoms with Gasteiger partial charge in [0, 0.05) is 23.7 Å². The Morgan fingerprint density at radius 3 is 2.52 bits per heavy atom. The zero-order chi connectivity index (χ0) is 14.7. The van der Waals surface area contributed by atoms with E-state index < -0.39 is 0 Å². The van der Waals surface area contributed by atoms with Gasteiger partial charge in [0.05, 0.1) is 11.2 Å². The smallest absolute Gasteiger partial charge is 0.0730 e. The van der Waals surface area contributed by atoms with E-state index >= 15 is 0 Å². The molecule has 3 rings (SSSR count). The Labute approximate surface area is 125 Å². The zero-order valence-corrected chi connectivity index (χ0v) is 12.6. The molecule has 2 heteroatoms. The molecular formula is C19H20N2. The predicted molar refractivity (Wildman–Crippen MR) is 90.7 cm³/mol. The molecule has 0 spiro atoms. The maximum absolute atomic E-state index is 4.82. The summed E-state index contributed by atoms with van der Waals surface area (Å²) in [5.74, 6) is 0. The summed E-state index contributed by atoms with van der Waals surface area (Å²) in [6.07, 6.45) is 2.27. The van der Waals surface area contributed by atoms with Crippen molar-refractivity contribution in [1.29, 1.82) is 0 Å². The molecule has 0 aliphatic rings. The van der Waals surface area contributed by atoms with E-state index in [0.29, 0.717) is 0 Å². The summed E-state index contributed by atoms with van der Waals surface area (Å²) in [7, 11) is 1.97. The second-order valence-corrected chi connectivity index (χ2v) is 5.27. The highest BCUT2D eigenvalue weighted by Crippen LogP contribution is 2.29. The van der Waals surface area contributed by atoms with Gasteiger partial charge in [-0.2, -0.15) is 0 Å². The van der Waals surface area contributed by atoms with Gasteiger partial charge in [-0.3, -0.25) is 0 Å². The van der Waals surface area contributed by atoms with Crippen molar-refractivity contribution in [2.75, 3.05) is 12.4 Å². The number of hydrogen-bond acceptors (Lipinski definition) is 2. The largest absolute Gasteiger partial charge is 0.388 e. The van der Waals surface area contributed by atoms with E-state index in [1.54, 1.807) is 0 Å². The first kappa shape index (κ1) is 13.6. The van der Waals surface area contributed by atoms with Crippen molar-refractivity contribution >= 4 is 16.6 Å². The van der Waals surface area contributed by atoms with Crippen molar-refractivity contribution in [3.05, 3.63) is 60.2 Å². The molecule has 1 aromatic heterocycles. The fourth-order valence-electron chi connectivity index (χ4n) is 2.68. The van der Waals surface area contributed by atoms with E-state index in [1.807, 2.05) is 25.2 Å². The van der Waals surface area contributed by atoms with E-state index in [2.05, 4.69) is 48.6 Å². The van der Waals surface area contributed by atoms with E-state index in [-0.39, 0.29) is 0 Å². The highest BCUT2D eigenvalue weighted by Gasteiger charge is 2.07. The molecule has 0 saturated carbocycles. The molecular weight excluding hydrogens is 256 g/mol. The lowest BCUT2D eigenvalue weighted by Gasteiger charge is -2.11. The molecule has 0 saturated heterocycles. The van der Waals surface area contributed by atoms with Gasteiger partial charge in [-0.25, -0.2) is 4.98 Å². The third-order valence-electron chi connectivity index (χ3n) is 3.75. The molecule has 106 valence electrons. The normalized spacial score (nSPS) is 10.8. The predicted octanol–water partition coefficient (Wildman–Crippen LogP) is 4.90. The molecule has 0 aliphatic heterocycles. The molecule has 0 amide bonds. The maximum Gasteiger partial charge on any atom is 0.0730 e. The molecule has 1 N–H and O–H groups in total. The number of anilines is 1. The number of pyridine rings is 1.